The van der Waals surface area contributed by atoms with Crippen molar-refractivity contribution >= 4 is 28.4 Å². The van der Waals surface area contributed by atoms with E-state index in [-0.39, 0.29) is 11.5 Å². The highest BCUT2D eigenvalue weighted by Gasteiger charge is 2.12. The number of amides is 2. The quantitative estimate of drug-likeness (QED) is 0.777. The van der Waals surface area contributed by atoms with Crippen LogP contribution in [0.1, 0.15) is 20.7 Å². The summed E-state index contributed by atoms with van der Waals surface area (Å²) in [7, 11) is 0. The van der Waals surface area contributed by atoms with Crippen LogP contribution < -0.4 is 11.1 Å². The number of pyridine rings is 1. The number of anilines is 1. The summed E-state index contributed by atoms with van der Waals surface area (Å²) in [4.78, 5) is 28.0. The molecule has 2 amide bonds. The Morgan fingerprint density at radius 3 is 2.55 bits per heavy atom. The molecule has 5 heteroatoms. The predicted octanol–water partition coefficient (Wildman–Crippen LogP) is 2.59. The Labute approximate surface area is 126 Å². The van der Waals surface area contributed by atoms with Crippen LogP contribution in [0, 0.1) is 0 Å². The standard InChI is InChI=1S/C17H13N3O2/c18-16(21)13-6-2-4-8-15(13)20-17(22)12-9-11-5-1-3-7-14(11)19-10-12/h1-10H,(H2,18,21)(H,20,22). The van der Waals surface area contributed by atoms with Crippen LogP contribution in [-0.2, 0) is 0 Å². The van der Waals surface area contributed by atoms with Crippen molar-refractivity contribution in [3.8, 4) is 0 Å². The van der Waals surface area contributed by atoms with Gasteiger partial charge in [-0.1, -0.05) is 30.3 Å². The molecule has 0 spiro atoms. The SMILES string of the molecule is NC(=O)c1ccccc1NC(=O)c1cnc2ccccc2c1. The van der Waals surface area contributed by atoms with Gasteiger partial charge in [0.15, 0.2) is 0 Å². The maximum absolute atomic E-state index is 12.3. The summed E-state index contributed by atoms with van der Waals surface area (Å²) in [6, 6.07) is 15.9. The van der Waals surface area contributed by atoms with Gasteiger partial charge in [-0.15, -0.1) is 0 Å². The van der Waals surface area contributed by atoms with Crippen molar-refractivity contribution in [3.05, 3.63) is 71.9 Å². The highest BCUT2D eigenvalue weighted by atomic mass is 16.2. The molecule has 5 nitrogen and oxygen atoms in total. The minimum absolute atomic E-state index is 0.268. The number of hydrogen-bond donors (Lipinski definition) is 2. The van der Waals surface area contributed by atoms with Crippen LogP contribution in [0.25, 0.3) is 10.9 Å². The van der Waals surface area contributed by atoms with Gasteiger partial charge in [0.05, 0.1) is 22.3 Å². The third kappa shape index (κ3) is 2.64. The maximum Gasteiger partial charge on any atom is 0.257 e. The lowest BCUT2D eigenvalue weighted by atomic mass is 10.1. The van der Waals surface area contributed by atoms with Crippen LogP contribution in [0.2, 0.25) is 0 Å². The molecule has 108 valence electrons. The molecule has 3 N–H and O–H groups in total. The largest absolute Gasteiger partial charge is 0.366 e. The fourth-order valence-electron chi connectivity index (χ4n) is 2.20. The number of nitrogens with zero attached hydrogens (tertiary/aromatic N) is 1. The molecule has 0 aliphatic heterocycles. The summed E-state index contributed by atoms with van der Waals surface area (Å²) in [5, 5.41) is 3.57. The maximum atomic E-state index is 12.3. The minimum Gasteiger partial charge on any atom is -0.366 e. The number of rotatable bonds is 3. The van der Waals surface area contributed by atoms with Crippen molar-refractivity contribution in [2.45, 2.75) is 0 Å². The van der Waals surface area contributed by atoms with E-state index in [9.17, 15) is 9.59 Å². The zero-order chi connectivity index (χ0) is 15.5. The second-order valence-corrected chi connectivity index (χ2v) is 4.78. The van der Waals surface area contributed by atoms with Gasteiger partial charge in [-0.2, -0.15) is 0 Å². The number of hydrogen-bond acceptors (Lipinski definition) is 3. The first-order valence-electron chi connectivity index (χ1n) is 6.70. The van der Waals surface area contributed by atoms with Crippen LogP contribution in [0.15, 0.2) is 60.8 Å². The number of carbonyl (C=O) groups is 2. The van der Waals surface area contributed by atoms with E-state index in [1.807, 2.05) is 24.3 Å². The smallest absolute Gasteiger partial charge is 0.257 e. The van der Waals surface area contributed by atoms with E-state index in [0.717, 1.165) is 10.9 Å². The summed E-state index contributed by atoms with van der Waals surface area (Å²) in [6.45, 7) is 0. The van der Waals surface area contributed by atoms with Gasteiger partial charge >= 0.3 is 0 Å². The lowest BCUT2D eigenvalue weighted by Gasteiger charge is -2.09. The minimum atomic E-state index is -0.590. The van der Waals surface area contributed by atoms with Gasteiger partial charge in [0, 0.05) is 11.6 Å². The lowest BCUT2D eigenvalue weighted by molar-refractivity contribution is 0.100. The molecule has 0 unspecified atom stereocenters. The average molecular weight is 291 g/mol. The molecule has 2 aromatic carbocycles. The Bertz CT molecular complexity index is 874. The Morgan fingerprint density at radius 1 is 1.00 bits per heavy atom. The number of fused-ring (bicyclic) bond motifs is 1. The van der Waals surface area contributed by atoms with Crippen molar-refractivity contribution in [3.63, 3.8) is 0 Å². The van der Waals surface area contributed by atoms with E-state index in [0.29, 0.717) is 11.3 Å². The lowest BCUT2D eigenvalue weighted by Crippen LogP contribution is -2.18. The number of nitrogens with one attached hydrogen (secondary N) is 1. The van der Waals surface area contributed by atoms with Crippen molar-refractivity contribution in [2.24, 2.45) is 5.73 Å². The molecular formula is C17H13N3O2. The molecule has 0 atom stereocenters. The molecule has 0 aliphatic carbocycles. The van der Waals surface area contributed by atoms with Crippen LogP contribution in [0.5, 0.6) is 0 Å². The average Bonchev–Trinajstić information content (AvgIpc) is 2.54. The normalized spacial score (nSPS) is 10.4. The van der Waals surface area contributed by atoms with Crippen LogP contribution >= 0.6 is 0 Å². The molecule has 0 bridgehead atoms. The van der Waals surface area contributed by atoms with Gasteiger partial charge < -0.3 is 11.1 Å². The summed E-state index contributed by atoms with van der Waals surface area (Å²) in [5.74, 6) is -0.931. The number of nitrogens with two attached hydrogens (primary N) is 1. The number of primary amides is 1. The molecule has 22 heavy (non-hydrogen) atoms. The van der Waals surface area contributed by atoms with E-state index in [2.05, 4.69) is 10.3 Å². The Kier molecular flexibility index (Phi) is 3.53. The topological polar surface area (TPSA) is 85.1 Å². The third-order valence-corrected chi connectivity index (χ3v) is 3.29. The van der Waals surface area contributed by atoms with Gasteiger partial charge in [0.25, 0.3) is 11.8 Å². The van der Waals surface area contributed by atoms with Gasteiger partial charge in [-0.05, 0) is 24.3 Å². The summed E-state index contributed by atoms with van der Waals surface area (Å²) < 4.78 is 0. The molecular weight excluding hydrogens is 278 g/mol. The summed E-state index contributed by atoms with van der Waals surface area (Å²) in [6.07, 6.45) is 1.50. The zero-order valence-electron chi connectivity index (χ0n) is 11.6. The second kappa shape index (κ2) is 5.65. The van der Waals surface area contributed by atoms with Crippen molar-refractivity contribution < 1.29 is 9.59 Å². The Balaban J connectivity index is 1.92. The van der Waals surface area contributed by atoms with E-state index < -0.39 is 5.91 Å². The van der Waals surface area contributed by atoms with Crippen molar-refractivity contribution in [2.75, 3.05) is 5.32 Å². The number of carbonyl (C=O) groups excluding carboxylic acids is 2. The van der Waals surface area contributed by atoms with Gasteiger partial charge in [-0.3, -0.25) is 14.6 Å². The molecule has 0 aliphatic rings. The Hall–Kier alpha value is -3.21. The fraction of sp³-hybridized carbons (Fsp3) is 0. The van der Waals surface area contributed by atoms with Crippen LogP contribution in [-0.4, -0.2) is 16.8 Å². The van der Waals surface area contributed by atoms with Gasteiger partial charge in [0.2, 0.25) is 0 Å². The highest BCUT2D eigenvalue weighted by Crippen LogP contribution is 2.17. The number of para-hydroxylation sites is 2. The second-order valence-electron chi connectivity index (χ2n) is 4.78. The highest BCUT2D eigenvalue weighted by molar-refractivity contribution is 6.09. The molecule has 0 saturated carbocycles. The summed E-state index contributed by atoms with van der Waals surface area (Å²) in [5.41, 5.74) is 7.18. The van der Waals surface area contributed by atoms with Gasteiger partial charge in [0.1, 0.15) is 0 Å². The van der Waals surface area contributed by atoms with Crippen molar-refractivity contribution in [1.29, 1.82) is 0 Å². The molecule has 0 saturated heterocycles. The van der Waals surface area contributed by atoms with Crippen LogP contribution in [0.4, 0.5) is 5.69 Å². The first kappa shape index (κ1) is 13.8. The molecule has 0 radical (unpaired) electrons. The van der Waals surface area contributed by atoms with E-state index >= 15 is 0 Å². The zero-order valence-corrected chi connectivity index (χ0v) is 11.6. The van der Waals surface area contributed by atoms with E-state index in [4.69, 9.17) is 5.73 Å². The molecule has 0 fully saturated rings. The summed E-state index contributed by atoms with van der Waals surface area (Å²) >= 11 is 0. The first-order chi connectivity index (χ1) is 10.6. The Morgan fingerprint density at radius 2 is 1.73 bits per heavy atom. The third-order valence-electron chi connectivity index (χ3n) is 3.29. The molecule has 3 aromatic rings. The monoisotopic (exact) mass is 291 g/mol. The molecule has 1 heterocycles. The van der Waals surface area contributed by atoms with E-state index in [1.54, 1.807) is 30.3 Å². The van der Waals surface area contributed by atoms with Crippen LogP contribution in [0.3, 0.4) is 0 Å². The van der Waals surface area contributed by atoms with Crippen molar-refractivity contribution in [1.82, 2.24) is 4.98 Å². The first-order valence-corrected chi connectivity index (χ1v) is 6.70. The molecule has 3 rings (SSSR count). The fourth-order valence-corrected chi connectivity index (χ4v) is 2.20. The molecule has 1 aromatic heterocycles. The van der Waals surface area contributed by atoms with Gasteiger partial charge in [-0.25, -0.2) is 0 Å². The van der Waals surface area contributed by atoms with E-state index in [1.165, 1.54) is 6.20 Å². The number of benzene rings is 2. The predicted molar refractivity (Wildman–Crippen MR) is 84.7 cm³/mol. The number of aromatic nitrogens is 1.